The summed E-state index contributed by atoms with van der Waals surface area (Å²) in [5.74, 6) is 1.82. The van der Waals surface area contributed by atoms with Crippen molar-refractivity contribution in [3.8, 4) is 0 Å². The molecule has 0 radical (unpaired) electrons. The van der Waals surface area contributed by atoms with Crippen LogP contribution in [0.4, 0.5) is 0 Å². The van der Waals surface area contributed by atoms with E-state index >= 15 is 0 Å². The van der Waals surface area contributed by atoms with Gasteiger partial charge in [-0.05, 0) is 117 Å². The van der Waals surface area contributed by atoms with E-state index in [0.717, 1.165) is 43.9 Å². The second kappa shape index (κ2) is 11.9. The van der Waals surface area contributed by atoms with Gasteiger partial charge in [-0.2, -0.15) is 0 Å². The van der Waals surface area contributed by atoms with E-state index in [1.54, 1.807) is 11.3 Å². The van der Waals surface area contributed by atoms with Crippen LogP contribution in [0, 0.1) is 50.7 Å². The Balaban J connectivity index is 1.01. The van der Waals surface area contributed by atoms with Gasteiger partial charge in [0.15, 0.2) is 6.29 Å². The Labute approximate surface area is 299 Å². The Morgan fingerprint density at radius 1 is 1.10 bits per heavy atom. The van der Waals surface area contributed by atoms with Gasteiger partial charge in [0, 0.05) is 30.1 Å². The van der Waals surface area contributed by atoms with Crippen LogP contribution < -0.4 is 0 Å². The Kier molecular flexibility index (Phi) is 8.61. The average Bonchev–Trinajstić information content (AvgIpc) is 3.33. The van der Waals surface area contributed by atoms with E-state index in [1.165, 1.54) is 32.1 Å². The van der Waals surface area contributed by atoms with Gasteiger partial charge in [-0.15, -0.1) is 11.3 Å². The van der Waals surface area contributed by atoms with E-state index in [9.17, 15) is 10.2 Å². The fourth-order valence-corrected chi connectivity index (χ4v) is 15.0. The topological polar surface area (TPSA) is 93.5 Å². The zero-order valence-corrected chi connectivity index (χ0v) is 32.3. The Morgan fingerprint density at radius 2 is 1.86 bits per heavy atom. The third-order valence-electron chi connectivity index (χ3n) is 16.4. The first kappa shape index (κ1) is 35.4. The van der Waals surface area contributed by atoms with Crippen molar-refractivity contribution in [3.05, 3.63) is 16.6 Å². The summed E-state index contributed by atoms with van der Waals surface area (Å²) >= 11 is 1.72. The molecule has 0 aromatic carbocycles. The minimum atomic E-state index is -1.01. The van der Waals surface area contributed by atoms with Gasteiger partial charge < -0.3 is 29.2 Å². The molecule has 276 valence electrons. The summed E-state index contributed by atoms with van der Waals surface area (Å²) in [4.78, 5) is 6.94. The predicted molar refractivity (Wildman–Crippen MR) is 190 cm³/mol. The molecule has 7 aliphatic rings. The SMILES string of the molecule is CCO[C@@H]([C@H]1C[C@@H](C)[C@H]2[C@H](O1)[C@H](O)[C@@]1(C)[C@@H]3CC[C@H]4C(C)(C)[C@@H](O[C@H]5CN(Cc6nccs6)CCO5)CCC45C[C@@]35CC[C@]21C)C(C)(C)O. The molecule has 9 heteroatoms. The smallest absolute Gasteiger partial charge is 0.170 e. The maximum atomic E-state index is 12.6. The van der Waals surface area contributed by atoms with Gasteiger partial charge in [0.2, 0.25) is 0 Å². The predicted octanol–water partition coefficient (Wildman–Crippen LogP) is 6.68. The molecule has 5 saturated carbocycles. The van der Waals surface area contributed by atoms with Crippen molar-refractivity contribution in [2.75, 3.05) is 26.3 Å². The van der Waals surface area contributed by atoms with Crippen LogP contribution in [-0.2, 0) is 25.5 Å². The van der Waals surface area contributed by atoms with Crippen molar-refractivity contribution in [2.45, 2.75) is 156 Å². The van der Waals surface area contributed by atoms with Crippen molar-refractivity contribution in [1.82, 2.24) is 9.88 Å². The van der Waals surface area contributed by atoms with Crippen molar-refractivity contribution >= 4 is 11.3 Å². The van der Waals surface area contributed by atoms with E-state index < -0.39 is 17.8 Å². The summed E-state index contributed by atoms with van der Waals surface area (Å²) in [5, 5.41) is 26.9. The van der Waals surface area contributed by atoms with Gasteiger partial charge in [-0.3, -0.25) is 4.90 Å². The number of morpholine rings is 1. The van der Waals surface area contributed by atoms with E-state index in [2.05, 4.69) is 49.9 Å². The van der Waals surface area contributed by atoms with Crippen molar-refractivity contribution < 1.29 is 29.2 Å². The molecule has 1 aromatic rings. The standard InChI is InChI=1S/C40H64N2O6S/c1-9-45-34(36(5,6)44)25-20-24(2)31-32(47-25)33(43)38(8)27-11-10-26-35(3,4)28(12-13-39(26)23-40(27,39)15-14-37(31,38)7)48-30-22-42(17-18-46-30)21-29-41-16-19-49-29/h16,19,24-28,30-34,43-44H,9-15,17-18,20-23H2,1-8H3/t24-,25-,26+,27+,28+,30+,31+,32+,33+,34+,37-,38-,39?,40+/m1/s1. The molecule has 2 aliphatic heterocycles. The molecule has 3 heterocycles. The Bertz CT molecular complexity index is 1370. The monoisotopic (exact) mass is 700 g/mol. The number of thiazole rings is 1. The first-order valence-electron chi connectivity index (χ1n) is 19.7. The molecule has 7 fully saturated rings. The molecule has 1 aromatic heterocycles. The third-order valence-corrected chi connectivity index (χ3v) is 17.2. The molecule has 8 nitrogen and oxygen atoms in total. The lowest BCUT2D eigenvalue weighted by Crippen LogP contribution is -2.60. The minimum Gasteiger partial charge on any atom is -0.390 e. The number of hydrogen-bond donors (Lipinski definition) is 2. The molecule has 2 spiro atoms. The van der Waals surface area contributed by atoms with Crippen LogP contribution in [0.3, 0.4) is 0 Å². The van der Waals surface area contributed by atoms with Crippen LogP contribution in [0.25, 0.3) is 0 Å². The molecule has 5 aliphatic carbocycles. The largest absolute Gasteiger partial charge is 0.390 e. The highest BCUT2D eigenvalue weighted by Gasteiger charge is 2.84. The van der Waals surface area contributed by atoms with Crippen LogP contribution in [0.1, 0.15) is 112 Å². The summed E-state index contributed by atoms with van der Waals surface area (Å²) < 4.78 is 26.3. The summed E-state index contributed by atoms with van der Waals surface area (Å²) in [6.45, 7) is 21.8. The summed E-state index contributed by atoms with van der Waals surface area (Å²) in [6, 6.07) is 0. The van der Waals surface area contributed by atoms with Crippen molar-refractivity contribution in [2.24, 2.45) is 50.7 Å². The number of fused-ring (bicyclic) bond motifs is 4. The Hall–Kier alpha value is -0.650. The number of aliphatic hydroxyl groups is 2. The normalized spacial score (nSPS) is 49.6. The highest BCUT2D eigenvalue weighted by Crippen LogP contribution is 2.89. The van der Waals surface area contributed by atoms with Gasteiger partial charge in [0.25, 0.3) is 0 Å². The molecule has 2 saturated heterocycles. The second-order valence-electron chi connectivity index (χ2n) is 19.2. The highest BCUT2D eigenvalue weighted by molar-refractivity contribution is 7.09. The van der Waals surface area contributed by atoms with E-state index in [4.69, 9.17) is 18.9 Å². The summed E-state index contributed by atoms with van der Waals surface area (Å²) in [5.41, 5.74) is -0.494. The number of aliphatic hydroxyl groups excluding tert-OH is 1. The minimum absolute atomic E-state index is 0.0164. The summed E-state index contributed by atoms with van der Waals surface area (Å²) in [7, 11) is 0. The molecule has 14 atom stereocenters. The molecule has 1 unspecified atom stereocenters. The van der Waals surface area contributed by atoms with Crippen molar-refractivity contribution in [3.63, 3.8) is 0 Å². The molecule has 8 rings (SSSR count). The average molecular weight is 701 g/mol. The lowest BCUT2D eigenvalue weighted by molar-refractivity contribution is -0.249. The van der Waals surface area contributed by atoms with Gasteiger partial charge in [-0.1, -0.05) is 34.6 Å². The highest BCUT2D eigenvalue weighted by atomic mass is 32.1. The number of nitrogens with zero attached hydrogens (tertiary/aromatic N) is 2. The summed E-state index contributed by atoms with van der Waals surface area (Å²) in [6.07, 6.45) is 9.82. The van der Waals surface area contributed by atoms with Gasteiger partial charge in [0.1, 0.15) is 11.1 Å². The fourth-order valence-electron chi connectivity index (χ4n) is 14.3. The van der Waals surface area contributed by atoms with Crippen LogP contribution in [-0.4, -0.2) is 88.8 Å². The Morgan fingerprint density at radius 3 is 2.57 bits per heavy atom. The van der Waals surface area contributed by atoms with Gasteiger partial charge in [0.05, 0.1) is 49.7 Å². The lowest BCUT2D eigenvalue weighted by atomic mass is 9.41. The zero-order valence-electron chi connectivity index (χ0n) is 31.5. The van der Waals surface area contributed by atoms with Crippen LogP contribution >= 0.6 is 11.3 Å². The number of rotatable bonds is 8. The molecule has 49 heavy (non-hydrogen) atoms. The van der Waals surface area contributed by atoms with Gasteiger partial charge >= 0.3 is 0 Å². The van der Waals surface area contributed by atoms with E-state index in [-0.39, 0.29) is 40.8 Å². The van der Waals surface area contributed by atoms with E-state index in [1.807, 2.05) is 27.0 Å². The van der Waals surface area contributed by atoms with E-state index in [0.29, 0.717) is 47.7 Å². The first-order chi connectivity index (χ1) is 23.1. The molecule has 0 amide bonds. The van der Waals surface area contributed by atoms with Crippen LogP contribution in [0.2, 0.25) is 0 Å². The molecular weight excluding hydrogens is 637 g/mol. The third kappa shape index (κ3) is 5.01. The number of aromatic nitrogens is 1. The lowest BCUT2D eigenvalue weighted by Gasteiger charge is -2.64. The maximum absolute atomic E-state index is 12.6. The number of ether oxygens (including phenoxy) is 4. The van der Waals surface area contributed by atoms with Gasteiger partial charge in [-0.25, -0.2) is 4.98 Å². The molecule has 0 bridgehead atoms. The zero-order chi connectivity index (χ0) is 34.8. The van der Waals surface area contributed by atoms with Crippen molar-refractivity contribution in [1.29, 1.82) is 0 Å². The molecular formula is C40H64N2O6S. The maximum Gasteiger partial charge on any atom is 0.170 e. The second-order valence-corrected chi connectivity index (χ2v) is 20.1. The quantitative estimate of drug-likeness (QED) is 0.311. The fraction of sp³-hybridized carbons (Fsp3) is 0.925. The van der Waals surface area contributed by atoms with Crippen LogP contribution in [0.15, 0.2) is 11.6 Å². The number of hydrogen-bond acceptors (Lipinski definition) is 9. The first-order valence-corrected chi connectivity index (χ1v) is 20.6. The molecule has 2 N–H and O–H groups in total. The van der Waals surface area contributed by atoms with Crippen LogP contribution in [0.5, 0.6) is 0 Å².